The molecular weight excluding hydrogens is 506 g/mol. The Balaban J connectivity index is 0.00000187. The number of aromatic nitrogens is 3. The maximum atomic E-state index is 13.3. The number of pyridine rings is 1. The van der Waals surface area contributed by atoms with E-state index >= 15 is 0 Å². The average molecular weight is 525 g/mol. The topological polar surface area (TPSA) is 88.9 Å². The number of allylic oxidation sites excluding steroid dienone is 2. The lowest BCUT2D eigenvalue weighted by Crippen LogP contribution is -2.35. The molecule has 1 unspecified atom stereocenters. The third kappa shape index (κ3) is 6.07. The fraction of sp³-hybridized carbons (Fsp3) is 0.300. The lowest BCUT2D eigenvalue weighted by molar-refractivity contribution is -0.141. The van der Waals surface area contributed by atoms with Gasteiger partial charge in [-0.1, -0.05) is 37.0 Å². The van der Waals surface area contributed by atoms with Gasteiger partial charge in [-0.25, -0.2) is 9.67 Å². The summed E-state index contributed by atoms with van der Waals surface area (Å²) in [4.78, 5) is 29.0. The highest BCUT2D eigenvalue weighted by molar-refractivity contribution is 6.32. The predicted molar refractivity (Wildman–Crippen MR) is 119 cm³/mol. The first-order valence-electron chi connectivity index (χ1n) is 9.58. The molecule has 0 aromatic carbocycles. The van der Waals surface area contributed by atoms with Crippen LogP contribution in [0.15, 0.2) is 46.8 Å². The Morgan fingerprint density at radius 2 is 1.88 bits per heavy atom. The summed E-state index contributed by atoms with van der Waals surface area (Å²) in [5, 5.41) is 7.60. The molecule has 7 nitrogen and oxygen atoms in total. The van der Waals surface area contributed by atoms with Gasteiger partial charge in [-0.15, -0.1) is 11.6 Å². The molecule has 1 aliphatic rings. The van der Waals surface area contributed by atoms with E-state index in [-0.39, 0.29) is 33.6 Å². The fourth-order valence-corrected chi connectivity index (χ4v) is 3.65. The van der Waals surface area contributed by atoms with E-state index in [1.807, 2.05) is 13.8 Å². The summed E-state index contributed by atoms with van der Waals surface area (Å²) in [7, 11) is 1.36. The van der Waals surface area contributed by atoms with Gasteiger partial charge in [0.1, 0.15) is 5.69 Å². The number of nitrogens with zero attached hydrogens (tertiary/aromatic N) is 3. The molecule has 0 fully saturated rings. The smallest absolute Gasteiger partial charge is 0.355 e. The van der Waals surface area contributed by atoms with Crippen molar-refractivity contribution in [2.24, 2.45) is 0 Å². The van der Waals surface area contributed by atoms with Crippen molar-refractivity contribution in [3.05, 3.63) is 63.2 Å². The molecular formula is C20H19Cl3F3N5O2. The molecule has 13 heteroatoms. The molecule has 2 aromatic rings. The van der Waals surface area contributed by atoms with Crippen molar-refractivity contribution in [2.45, 2.75) is 31.8 Å². The predicted octanol–water partition coefficient (Wildman–Crippen LogP) is 4.83. The zero-order valence-corrected chi connectivity index (χ0v) is 19.9. The number of amides is 2. The summed E-state index contributed by atoms with van der Waals surface area (Å²) in [5.74, 6) is -1.77. The summed E-state index contributed by atoms with van der Waals surface area (Å²) in [5.41, 5.74) is -1.87. The number of carbonyl (C=O) groups excluding carboxylic acids is 2. The molecule has 1 atom stereocenters. The number of nitrogens with one attached hydrogen (secondary N) is 2. The number of hydrogen-bond donors (Lipinski definition) is 2. The highest BCUT2D eigenvalue weighted by atomic mass is 35.5. The molecule has 178 valence electrons. The molecule has 0 saturated heterocycles. The van der Waals surface area contributed by atoms with Crippen molar-refractivity contribution in [2.75, 3.05) is 7.05 Å². The number of alkyl halides is 4. The number of halogens is 6. The molecule has 0 spiro atoms. The van der Waals surface area contributed by atoms with Crippen LogP contribution in [-0.2, 0) is 11.0 Å². The van der Waals surface area contributed by atoms with Crippen molar-refractivity contribution in [1.82, 2.24) is 25.4 Å². The summed E-state index contributed by atoms with van der Waals surface area (Å²) >= 11 is 18.3. The van der Waals surface area contributed by atoms with Gasteiger partial charge in [-0.05, 0) is 18.2 Å². The van der Waals surface area contributed by atoms with Crippen LogP contribution < -0.4 is 10.6 Å². The largest absolute Gasteiger partial charge is 0.435 e. The highest BCUT2D eigenvalue weighted by Crippen LogP contribution is 2.32. The third-order valence-electron chi connectivity index (χ3n) is 4.17. The molecule has 0 aliphatic heterocycles. The second-order valence-corrected chi connectivity index (χ2v) is 7.68. The van der Waals surface area contributed by atoms with Crippen molar-refractivity contribution >= 4 is 46.6 Å². The Morgan fingerprint density at radius 3 is 2.45 bits per heavy atom. The zero-order valence-electron chi connectivity index (χ0n) is 17.6. The van der Waals surface area contributed by atoms with Gasteiger partial charge < -0.3 is 10.6 Å². The van der Waals surface area contributed by atoms with Crippen molar-refractivity contribution in [1.29, 1.82) is 0 Å². The quantitative estimate of drug-likeness (QED) is 0.561. The first-order valence-corrected chi connectivity index (χ1v) is 10.8. The molecule has 33 heavy (non-hydrogen) atoms. The van der Waals surface area contributed by atoms with Gasteiger partial charge in [0.2, 0.25) is 0 Å². The van der Waals surface area contributed by atoms with Gasteiger partial charge in [-0.2, -0.15) is 18.3 Å². The van der Waals surface area contributed by atoms with Gasteiger partial charge in [-0.3, -0.25) is 9.59 Å². The van der Waals surface area contributed by atoms with Gasteiger partial charge in [0, 0.05) is 36.5 Å². The molecule has 3 rings (SSSR count). The molecule has 2 amide bonds. The minimum absolute atomic E-state index is 0.0103. The van der Waals surface area contributed by atoms with Crippen LogP contribution in [0.5, 0.6) is 0 Å². The van der Waals surface area contributed by atoms with E-state index in [2.05, 4.69) is 20.7 Å². The second-order valence-electron chi connectivity index (χ2n) is 6.26. The molecule has 0 saturated carbocycles. The molecule has 2 N–H and O–H groups in total. The number of carbonyl (C=O) groups is 2. The first kappa shape index (κ1) is 26.7. The average Bonchev–Trinajstić information content (AvgIpc) is 3.22. The standard InChI is InChI=1S/C18H13Cl3F3N5O2.C2H6/c1-25-16(30)9-5-8(19)6-11(21)14(9)27-17(31)12-7-13(18(22,23)24)28-29(12)15-10(20)3-2-4-26-15;1-2/h2-5,7,11H,6H2,1H3,(H,25,30)(H,27,31);1-2H3. The van der Waals surface area contributed by atoms with Crippen LogP contribution in [0.3, 0.4) is 0 Å². The first-order chi connectivity index (χ1) is 15.5. The summed E-state index contributed by atoms with van der Waals surface area (Å²) in [6.07, 6.45) is -2.11. The fourth-order valence-electron chi connectivity index (χ4n) is 2.77. The van der Waals surface area contributed by atoms with E-state index in [0.29, 0.717) is 10.7 Å². The van der Waals surface area contributed by atoms with Gasteiger partial charge >= 0.3 is 6.18 Å². The molecule has 2 heterocycles. The normalized spacial score (nSPS) is 15.9. The number of hydrogen-bond acceptors (Lipinski definition) is 4. The Bertz CT molecular complexity index is 1110. The number of rotatable bonds is 4. The van der Waals surface area contributed by atoms with Gasteiger partial charge in [0.15, 0.2) is 11.5 Å². The van der Waals surface area contributed by atoms with Crippen molar-refractivity contribution < 1.29 is 22.8 Å². The summed E-state index contributed by atoms with van der Waals surface area (Å²) in [6, 6.07) is 3.40. The van der Waals surface area contributed by atoms with Crippen LogP contribution >= 0.6 is 34.8 Å². The van der Waals surface area contributed by atoms with E-state index in [1.165, 1.54) is 31.5 Å². The van der Waals surface area contributed by atoms with E-state index in [0.717, 1.165) is 0 Å². The van der Waals surface area contributed by atoms with Crippen LogP contribution in [-0.4, -0.2) is 39.0 Å². The van der Waals surface area contributed by atoms with Crippen LogP contribution in [0.25, 0.3) is 5.82 Å². The molecule has 1 aliphatic carbocycles. The van der Waals surface area contributed by atoms with Crippen LogP contribution in [0, 0.1) is 0 Å². The highest BCUT2D eigenvalue weighted by Gasteiger charge is 2.37. The van der Waals surface area contributed by atoms with E-state index < -0.39 is 34.8 Å². The SMILES string of the molecule is CC.CNC(=O)C1=C(NC(=O)c2cc(C(F)(F)F)nn2-c2ncccc2Cl)C(Cl)CC(Cl)=C1. The van der Waals surface area contributed by atoms with Crippen LogP contribution in [0.4, 0.5) is 13.2 Å². The van der Waals surface area contributed by atoms with Gasteiger partial charge in [0.05, 0.1) is 16.0 Å². The minimum Gasteiger partial charge on any atom is -0.355 e. The van der Waals surface area contributed by atoms with Crippen LogP contribution in [0.1, 0.15) is 36.5 Å². The lowest BCUT2D eigenvalue weighted by atomic mass is 10.0. The van der Waals surface area contributed by atoms with Gasteiger partial charge in [0.25, 0.3) is 11.8 Å². The summed E-state index contributed by atoms with van der Waals surface area (Å²) < 4.78 is 40.5. The monoisotopic (exact) mass is 523 g/mol. The molecule has 0 radical (unpaired) electrons. The van der Waals surface area contributed by atoms with Crippen LogP contribution in [0.2, 0.25) is 5.02 Å². The third-order valence-corrected chi connectivity index (χ3v) is 5.10. The summed E-state index contributed by atoms with van der Waals surface area (Å²) in [6.45, 7) is 4.00. The van der Waals surface area contributed by atoms with E-state index in [4.69, 9.17) is 34.8 Å². The maximum absolute atomic E-state index is 13.3. The Labute approximate surface area is 202 Å². The Morgan fingerprint density at radius 1 is 1.21 bits per heavy atom. The maximum Gasteiger partial charge on any atom is 0.435 e. The molecule has 0 bridgehead atoms. The van der Waals surface area contributed by atoms with Crippen molar-refractivity contribution in [3.63, 3.8) is 0 Å². The Hall–Kier alpha value is -2.56. The number of likely N-dealkylation sites (N-methyl/N-ethyl adjacent to an activating group) is 1. The lowest BCUT2D eigenvalue weighted by Gasteiger charge is -2.22. The molecule has 2 aromatic heterocycles. The second kappa shape index (κ2) is 11.0. The zero-order chi connectivity index (χ0) is 24.9. The van der Waals surface area contributed by atoms with Crippen molar-refractivity contribution in [3.8, 4) is 5.82 Å². The minimum atomic E-state index is -4.83. The van der Waals surface area contributed by atoms with E-state index in [1.54, 1.807) is 0 Å². The van der Waals surface area contributed by atoms with E-state index in [9.17, 15) is 22.8 Å². The Kier molecular flexibility index (Phi) is 8.93.